The monoisotopic (exact) mass is 440 g/mol. The van der Waals surface area contributed by atoms with Gasteiger partial charge in [-0.05, 0) is 36.6 Å². The van der Waals surface area contributed by atoms with Crippen molar-refractivity contribution in [2.24, 2.45) is 4.99 Å². The third-order valence-electron chi connectivity index (χ3n) is 5.94. The smallest absolute Gasteiger partial charge is 0.191 e. The second-order valence-electron chi connectivity index (χ2n) is 8.24. The molecule has 0 amide bonds. The molecule has 2 aromatic rings. The summed E-state index contributed by atoms with van der Waals surface area (Å²) in [6.07, 6.45) is 2.55. The SMILES string of the molecule is CCNC(=NCc1ccccc1CN1CCOCC1)NC1CCN(c2ncccc2F)C1. The molecule has 8 heteroatoms. The molecule has 2 aliphatic heterocycles. The number of pyridine rings is 1. The lowest BCUT2D eigenvalue weighted by atomic mass is 10.1. The fourth-order valence-corrected chi connectivity index (χ4v) is 4.22. The van der Waals surface area contributed by atoms with Crippen LogP contribution < -0.4 is 15.5 Å². The van der Waals surface area contributed by atoms with E-state index >= 15 is 0 Å². The zero-order valence-corrected chi connectivity index (χ0v) is 18.8. The van der Waals surface area contributed by atoms with Crippen LogP contribution in [0.5, 0.6) is 0 Å². The number of nitrogens with one attached hydrogen (secondary N) is 2. The lowest BCUT2D eigenvalue weighted by molar-refractivity contribution is 0.0341. The lowest BCUT2D eigenvalue weighted by Crippen LogP contribution is -2.44. The molecule has 4 rings (SSSR count). The zero-order chi connectivity index (χ0) is 22.2. The van der Waals surface area contributed by atoms with Gasteiger partial charge in [-0.3, -0.25) is 4.90 Å². The van der Waals surface area contributed by atoms with E-state index in [-0.39, 0.29) is 11.9 Å². The second-order valence-corrected chi connectivity index (χ2v) is 8.24. The molecule has 1 atom stereocenters. The summed E-state index contributed by atoms with van der Waals surface area (Å²) in [6, 6.07) is 11.8. The van der Waals surface area contributed by atoms with Crippen LogP contribution >= 0.6 is 0 Å². The van der Waals surface area contributed by atoms with Gasteiger partial charge >= 0.3 is 0 Å². The van der Waals surface area contributed by atoms with Crippen molar-refractivity contribution >= 4 is 11.8 Å². The molecule has 2 fully saturated rings. The summed E-state index contributed by atoms with van der Waals surface area (Å²) in [6.45, 7) is 9.39. The van der Waals surface area contributed by atoms with E-state index in [1.165, 1.54) is 17.2 Å². The highest BCUT2D eigenvalue weighted by Crippen LogP contribution is 2.21. The Bertz CT molecular complexity index is 902. The Hall–Kier alpha value is -2.71. The first-order valence-corrected chi connectivity index (χ1v) is 11.5. The molecule has 7 nitrogen and oxygen atoms in total. The van der Waals surface area contributed by atoms with Crippen LogP contribution in [-0.4, -0.2) is 67.8 Å². The largest absolute Gasteiger partial charge is 0.379 e. The van der Waals surface area contributed by atoms with Gasteiger partial charge in [-0.25, -0.2) is 14.4 Å². The van der Waals surface area contributed by atoms with Gasteiger partial charge < -0.3 is 20.3 Å². The highest BCUT2D eigenvalue weighted by Gasteiger charge is 2.26. The number of morpholine rings is 1. The first-order valence-electron chi connectivity index (χ1n) is 11.5. The number of aliphatic imine (C=N–C) groups is 1. The van der Waals surface area contributed by atoms with Crippen LogP contribution in [0.1, 0.15) is 24.5 Å². The van der Waals surface area contributed by atoms with Crippen molar-refractivity contribution in [3.05, 3.63) is 59.5 Å². The minimum Gasteiger partial charge on any atom is -0.379 e. The average molecular weight is 441 g/mol. The molecule has 0 radical (unpaired) electrons. The van der Waals surface area contributed by atoms with Gasteiger partial charge in [0.25, 0.3) is 0 Å². The number of benzene rings is 1. The number of hydrogen-bond acceptors (Lipinski definition) is 5. The molecule has 0 saturated carbocycles. The summed E-state index contributed by atoms with van der Waals surface area (Å²) in [5, 5.41) is 6.88. The molecule has 0 aliphatic carbocycles. The highest BCUT2D eigenvalue weighted by atomic mass is 19.1. The van der Waals surface area contributed by atoms with Crippen molar-refractivity contribution in [2.45, 2.75) is 32.5 Å². The Balaban J connectivity index is 1.38. The number of ether oxygens (including phenoxy) is 1. The number of guanidine groups is 1. The quantitative estimate of drug-likeness (QED) is 0.509. The Morgan fingerprint density at radius 1 is 1.16 bits per heavy atom. The van der Waals surface area contributed by atoms with Crippen molar-refractivity contribution < 1.29 is 9.13 Å². The Morgan fingerprint density at radius 3 is 2.75 bits per heavy atom. The van der Waals surface area contributed by atoms with E-state index in [4.69, 9.17) is 9.73 Å². The van der Waals surface area contributed by atoms with E-state index < -0.39 is 0 Å². The molecule has 3 heterocycles. The summed E-state index contributed by atoms with van der Waals surface area (Å²) < 4.78 is 19.6. The molecular formula is C24H33FN6O. The summed E-state index contributed by atoms with van der Waals surface area (Å²) in [4.78, 5) is 13.5. The van der Waals surface area contributed by atoms with Gasteiger partial charge in [-0.2, -0.15) is 0 Å². The molecular weight excluding hydrogens is 407 g/mol. The number of anilines is 1. The van der Waals surface area contributed by atoms with E-state index in [9.17, 15) is 4.39 Å². The van der Waals surface area contributed by atoms with Crippen LogP contribution in [0.2, 0.25) is 0 Å². The molecule has 32 heavy (non-hydrogen) atoms. The van der Waals surface area contributed by atoms with Gasteiger partial charge in [0.2, 0.25) is 0 Å². The first kappa shape index (κ1) is 22.5. The molecule has 1 aromatic carbocycles. The molecule has 0 bridgehead atoms. The third kappa shape index (κ3) is 5.95. The number of nitrogens with zero attached hydrogens (tertiary/aromatic N) is 4. The third-order valence-corrected chi connectivity index (χ3v) is 5.94. The van der Waals surface area contributed by atoms with E-state index in [0.29, 0.717) is 18.9 Å². The number of hydrogen-bond donors (Lipinski definition) is 2. The summed E-state index contributed by atoms with van der Waals surface area (Å²) in [5.74, 6) is 0.948. The average Bonchev–Trinajstić information content (AvgIpc) is 3.28. The maximum absolute atomic E-state index is 14.1. The Labute approximate surface area is 189 Å². The van der Waals surface area contributed by atoms with Crippen LogP contribution in [0.15, 0.2) is 47.6 Å². The molecule has 1 unspecified atom stereocenters. The van der Waals surface area contributed by atoms with Crippen LogP contribution in [0.4, 0.5) is 10.2 Å². The fourth-order valence-electron chi connectivity index (χ4n) is 4.22. The van der Waals surface area contributed by atoms with E-state index in [0.717, 1.165) is 58.3 Å². The summed E-state index contributed by atoms with van der Waals surface area (Å²) in [5.41, 5.74) is 2.55. The van der Waals surface area contributed by atoms with Crippen molar-refractivity contribution in [1.29, 1.82) is 0 Å². The number of rotatable bonds is 7. The van der Waals surface area contributed by atoms with Gasteiger partial charge in [-0.15, -0.1) is 0 Å². The molecule has 172 valence electrons. The highest BCUT2D eigenvalue weighted by molar-refractivity contribution is 5.80. The maximum atomic E-state index is 14.1. The van der Waals surface area contributed by atoms with Crippen LogP contribution in [-0.2, 0) is 17.8 Å². The molecule has 2 aliphatic rings. The Morgan fingerprint density at radius 2 is 1.97 bits per heavy atom. The van der Waals surface area contributed by atoms with Crippen LogP contribution in [0.3, 0.4) is 0 Å². The van der Waals surface area contributed by atoms with Crippen molar-refractivity contribution in [1.82, 2.24) is 20.5 Å². The zero-order valence-electron chi connectivity index (χ0n) is 18.8. The molecule has 2 N–H and O–H groups in total. The van der Waals surface area contributed by atoms with Gasteiger partial charge in [0.15, 0.2) is 17.6 Å². The van der Waals surface area contributed by atoms with Gasteiger partial charge in [0.05, 0.1) is 19.8 Å². The predicted molar refractivity (Wildman–Crippen MR) is 125 cm³/mol. The normalized spacial score (nSPS) is 19.9. The summed E-state index contributed by atoms with van der Waals surface area (Å²) >= 11 is 0. The first-order chi connectivity index (χ1) is 15.7. The molecule has 1 aromatic heterocycles. The molecule has 2 saturated heterocycles. The fraction of sp³-hybridized carbons (Fsp3) is 0.500. The minimum atomic E-state index is -0.273. The number of halogens is 1. The van der Waals surface area contributed by atoms with E-state index in [2.05, 4.69) is 51.7 Å². The lowest BCUT2D eigenvalue weighted by Gasteiger charge is -2.27. The van der Waals surface area contributed by atoms with Gasteiger partial charge in [-0.1, -0.05) is 24.3 Å². The van der Waals surface area contributed by atoms with E-state index in [1.807, 2.05) is 4.90 Å². The van der Waals surface area contributed by atoms with Crippen molar-refractivity contribution in [3.8, 4) is 0 Å². The maximum Gasteiger partial charge on any atom is 0.191 e. The van der Waals surface area contributed by atoms with Gasteiger partial charge in [0, 0.05) is 51.5 Å². The van der Waals surface area contributed by atoms with Crippen LogP contribution in [0.25, 0.3) is 0 Å². The topological polar surface area (TPSA) is 65.0 Å². The number of aromatic nitrogens is 1. The predicted octanol–water partition coefficient (Wildman–Crippen LogP) is 2.39. The van der Waals surface area contributed by atoms with Gasteiger partial charge in [0.1, 0.15) is 0 Å². The molecule has 0 spiro atoms. The minimum absolute atomic E-state index is 0.192. The summed E-state index contributed by atoms with van der Waals surface area (Å²) in [7, 11) is 0. The van der Waals surface area contributed by atoms with E-state index in [1.54, 1.807) is 12.3 Å². The second kappa shape index (κ2) is 11.2. The standard InChI is InChI=1S/C24H33FN6O/c1-2-26-24(29-21-9-11-31(18-21)23-22(25)8-5-10-27-23)28-16-19-6-3-4-7-20(19)17-30-12-14-32-15-13-30/h3-8,10,21H,2,9,11-18H2,1H3,(H2,26,28,29). The van der Waals surface area contributed by atoms with Crippen molar-refractivity contribution in [3.63, 3.8) is 0 Å². The van der Waals surface area contributed by atoms with Crippen LogP contribution in [0, 0.1) is 5.82 Å². The Kier molecular flexibility index (Phi) is 7.90. The van der Waals surface area contributed by atoms with Crippen molar-refractivity contribution in [2.75, 3.05) is 50.8 Å².